The minimum atomic E-state index is -1.10. The maximum absolute atomic E-state index is 11.3. The first-order valence-electron chi connectivity index (χ1n) is 5.10. The van der Waals surface area contributed by atoms with Gasteiger partial charge in [-0.1, -0.05) is 13.3 Å². The molecule has 0 rings (SSSR count). The van der Waals surface area contributed by atoms with Crippen LogP contribution in [0.4, 0.5) is 0 Å². The number of carboxylic acids is 1. The van der Waals surface area contributed by atoms with E-state index in [0.717, 1.165) is 0 Å². The third kappa shape index (κ3) is 6.80. The normalized spacial score (nSPS) is 11.6. The lowest BCUT2D eigenvalue weighted by Crippen LogP contribution is -2.42. The number of carbonyl (C=O) groups is 3. The van der Waals surface area contributed by atoms with Crippen LogP contribution in [-0.4, -0.2) is 36.0 Å². The lowest BCUT2D eigenvalue weighted by Gasteiger charge is -2.13. The number of aliphatic carboxylic acids is 1. The molecule has 0 aliphatic carbocycles. The number of amides is 2. The van der Waals surface area contributed by atoms with Crippen LogP contribution in [0.5, 0.6) is 0 Å². The predicted octanol–water partition coefficient (Wildman–Crippen LogP) is -0.304. The summed E-state index contributed by atoms with van der Waals surface area (Å²) in [7, 11) is 0. The fraction of sp³-hybridized carbons (Fsp3) is 0.600. The van der Waals surface area contributed by atoms with Crippen molar-refractivity contribution in [1.82, 2.24) is 10.6 Å². The van der Waals surface area contributed by atoms with E-state index in [4.69, 9.17) is 5.11 Å². The molecule has 0 bridgehead atoms. The topological polar surface area (TPSA) is 95.5 Å². The lowest BCUT2D eigenvalue weighted by molar-refractivity contribution is -0.142. The van der Waals surface area contributed by atoms with Gasteiger partial charge in [0.2, 0.25) is 12.3 Å². The first kappa shape index (κ1) is 14.4. The van der Waals surface area contributed by atoms with Crippen LogP contribution in [0, 0.1) is 6.92 Å². The van der Waals surface area contributed by atoms with Crippen molar-refractivity contribution in [2.45, 2.75) is 31.7 Å². The van der Waals surface area contributed by atoms with Gasteiger partial charge in [-0.2, -0.15) is 0 Å². The van der Waals surface area contributed by atoms with E-state index >= 15 is 0 Å². The molecule has 0 aromatic carbocycles. The highest BCUT2D eigenvalue weighted by atomic mass is 16.4. The van der Waals surface area contributed by atoms with Gasteiger partial charge in [-0.25, -0.2) is 4.79 Å². The second-order valence-electron chi connectivity index (χ2n) is 3.28. The molecule has 0 aliphatic rings. The van der Waals surface area contributed by atoms with E-state index < -0.39 is 12.0 Å². The summed E-state index contributed by atoms with van der Waals surface area (Å²) in [5.74, 6) is -1.40. The molecule has 3 N–H and O–H groups in total. The summed E-state index contributed by atoms with van der Waals surface area (Å²) in [6.07, 6.45) is 2.20. The predicted molar refractivity (Wildman–Crippen MR) is 57.5 cm³/mol. The Hall–Kier alpha value is -1.59. The van der Waals surface area contributed by atoms with Gasteiger partial charge in [-0.3, -0.25) is 9.59 Å². The second-order valence-corrected chi connectivity index (χ2v) is 3.28. The van der Waals surface area contributed by atoms with E-state index in [2.05, 4.69) is 17.6 Å². The molecule has 91 valence electrons. The Morgan fingerprint density at radius 1 is 1.44 bits per heavy atom. The number of carbonyl (C=O) groups excluding carboxylic acids is 2. The molecule has 0 saturated heterocycles. The summed E-state index contributed by atoms with van der Waals surface area (Å²) in [6.45, 7) is 3.81. The van der Waals surface area contributed by atoms with Gasteiger partial charge in [0.05, 0.1) is 0 Å². The van der Waals surface area contributed by atoms with Gasteiger partial charge in [0.25, 0.3) is 0 Å². The third-order valence-electron chi connectivity index (χ3n) is 1.95. The average molecular weight is 229 g/mol. The summed E-state index contributed by atoms with van der Waals surface area (Å²) in [6, 6.07) is -0.954. The van der Waals surface area contributed by atoms with E-state index in [0.29, 0.717) is 19.3 Å². The van der Waals surface area contributed by atoms with Crippen molar-refractivity contribution < 1.29 is 19.5 Å². The fourth-order valence-electron chi connectivity index (χ4n) is 1.10. The number of nitrogens with one attached hydrogen (secondary N) is 2. The zero-order valence-electron chi connectivity index (χ0n) is 9.07. The molecule has 0 aliphatic heterocycles. The van der Waals surface area contributed by atoms with Crippen LogP contribution in [0.3, 0.4) is 0 Å². The number of hydrogen-bond donors (Lipinski definition) is 3. The van der Waals surface area contributed by atoms with Crippen LogP contribution < -0.4 is 10.6 Å². The van der Waals surface area contributed by atoms with Crippen molar-refractivity contribution in [3.8, 4) is 0 Å². The first-order chi connectivity index (χ1) is 7.61. The van der Waals surface area contributed by atoms with E-state index in [1.807, 2.05) is 0 Å². The molecular formula is C10H17N2O4. The molecule has 1 unspecified atom stereocenters. The van der Waals surface area contributed by atoms with E-state index in [1.165, 1.54) is 0 Å². The molecule has 0 aromatic rings. The van der Waals surface area contributed by atoms with Crippen molar-refractivity contribution in [2.24, 2.45) is 0 Å². The largest absolute Gasteiger partial charge is 0.480 e. The van der Waals surface area contributed by atoms with Crippen molar-refractivity contribution in [1.29, 1.82) is 0 Å². The van der Waals surface area contributed by atoms with Crippen LogP contribution in [0.1, 0.15) is 25.7 Å². The van der Waals surface area contributed by atoms with E-state index in [-0.39, 0.29) is 25.3 Å². The average Bonchev–Trinajstić information content (AvgIpc) is 2.25. The Labute approximate surface area is 94.4 Å². The highest BCUT2D eigenvalue weighted by molar-refractivity contribution is 5.83. The number of hydrogen-bond acceptors (Lipinski definition) is 3. The molecule has 0 spiro atoms. The summed E-state index contributed by atoms with van der Waals surface area (Å²) in [4.78, 5) is 32.0. The summed E-state index contributed by atoms with van der Waals surface area (Å²) < 4.78 is 0. The fourth-order valence-corrected chi connectivity index (χ4v) is 1.10. The molecule has 0 aromatic heterocycles. The molecule has 6 heteroatoms. The zero-order valence-corrected chi connectivity index (χ0v) is 9.07. The molecule has 0 fully saturated rings. The standard InChI is InChI=1S/C10H17N2O4/c1-2-3-4-9(14)12-8(10(15)16)5-6-11-7-13/h7-8H,1-6H2,(H,11,13)(H,12,14)(H,15,16). The van der Waals surface area contributed by atoms with Crippen molar-refractivity contribution >= 4 is 18.3 Å². The molecule has 2 amide bonds. The lowest BCUT2D eigenvalue weighted by atomic mass is 10.2. The third-order valence-corrected chi connectivity index (χ3v) is 1.95. The minimum absolute atomic E-state index is 0.171. The minimum Gasteiger partial charge on any atom is -0.480 e. The van der Waals surface area contributed by atoms with Crippen LogP contribution in [0.25, 0.3) is 0 Å². The molecule has 1 atom stereocenters. The highest BCUT2D eigenvalue weighted by Crippen LogP contribution is 1.97. The van der Waals surface area contributed by atoms with Gasteiger partial charge in [0.15, 0.2) is 0 Å². The summed E-state index contributed by atoms with van der Waals surface area (Å²) in [5, 5.41) is 13.5. The molecule has 1 radical (unpaired) electrons. The Morgan fingerprint density at radius 3 is 2.62 bits per heavy atom. The van der Waals surface area contributed by atoms with Crippen molar-refractivity contribution in [3.63, 3.8) is 0 Å². The van der Waals surface area contributed by atoms with E-state index in [1.54, 1.807) is 0 Å². The Kier molecular flexibility index (Phi) is 7.83. The van der Waals surface area contributed by atoms with Crippen LogP contribution in [0.15, 0.2) is 0 Å². The van der Waals surface area contributed by atoms with Gasteiger partial charge < -0.3 is 15.7 Å². The van der Waals surface area contributed by atoms with Crippen molar-refractivity contribution in [2.75, 3.05) is 6.54 Å². The monoisotopic (exact) mass is 229 g/mol. The SMILES string of the molecule is [CH2]CCCC(=O)NC(CCNC=O)C(=O)O. The Balaban J connectivity index is 3.96. The highest BCUT2D eigenvalue weighted by Gasteiger charge is 2.18. The summed E-state index contributed by atoms with van der Waals surface area (Å²) in [5.41, 5.74) is 0. The van der Waals surface area contributed by atoms with Crippen LogP contribution >= 0.6 is 0 Å². The maximum Gasteiger partial charge on any atom is 0.326 e. The number of unbranched alkanes of at least 4 members (excludes halogenated alkanes) is 1. The van der Waals surface area contributed by atoms with Crippen LogP contribution in [0.2, 0.25) is 0 Å². The molecule has 0 heterocycles. The molecular weight excluding hydrogens is 212 g/mol. The van der Waals surface area contributed by atoms with Crippen LogP contribution in [-0.2, 0) is 14.4 Å². The maximum atomic E-state index is 11.3. The second kappa shape index (κ2) is 8.70. The Bertz CT molecular complexity index is 243. The smallest absolute Gasteiger partial charge is 0.326 e. The van der Waals surface area contributed by atoms with Gasteiger partial charge in [0, 0.05) is 13.0 Å². The van der Waals surface area contributed by atoms with Gasteiger partial charge in [0.1, 0.15) is 6.04 Å². The quantitative estimate of drug-likeness (QED) is 0.373. The summed E-state index contributed by atoms with van der Waals surface area (Å²) >= 11 is 0. The van der Waals surface area contributed by atoms with Gasteiger partial charge in [-0.15, -0.1) is 0 Å². The van der Waals surface area contributed by atoms with Gasteiger partial charge in [-0.05, 0) is 12.8 Å². The molecule has 6 nitrogen and oxygen atoms in total. The van der Waals surface area contributed by atoms with Gasteiger partial charge >= 0.3 is 5.97 Å². The Morgan fingerprint density at radius 2 is 2.12 bits per heavy atom. The van der Waals surface area contributed by atoms with E-state index in [9.17, 15) is 14.4 Å². The zero-order chi connectivity index (χ0) is 12.4. The number of rotatable bonds is 9. The molecule has 16 heavy (non-hydrogen) atoms. The first-order valence-corrected chi connectivity index (χ1v) is 5.10. The molecule has 0 saturated carbocycles. The number of carboxylic acid groups (broad SMARTS) is 1. The van der Waals surface area contributed by atoms with Crippen molar-refractivity contribution in [3.05, 3.63) is 6.92 Å².